The van der Waals surface area contributed by atoms with Crippen LogP contribution in [0.4, 0.5) is 0 Å². The summed E-state index contributed by atoms with van der Waals surface area (Å²) in [5.74, 6) is 0.632. The van der Waals surface area contributed by atoms with Crippen molar-refractivity contribution in [2.24, 2.45) is 13.0 Å². The van der Waals surface area contributed by atoms with E-state index in [1.807, 2.05) is 25.6 Å². The number of H-pyrrole nitrogens is 1. The monoisotopic (exact) mass is 370 g/mol. The molecule has 1 aliphatic carbocycles. The molecule has 4 aromatic rings. The Labute approximate surface area is 163 Å². The molecule has 0 bridgehead atoms. The highest BCUT2D eigenvalue weighted by molar-refractivity contribution is 6.09. The predicted molar refractivity (Wildman–Crippen MR) is 109 cm³/mol. The summed E-state index contributed by atoms with van der Waals surface area (Å²) in [7, 11) is 1.91. The number of nitriles is 1. The topological polar surface area (TPSA) is 83.2 Å². The molecule has 4 heterocycles. The molecule has 4 aromatic heterocycles. The van der Waals surface area contributed by atoms with Crippen LogP contribution < -0.4 is 0 Å². The highest BCUT2D eigenvalue weighted by Crippen LogP contribution is 2.35. The van der Waals surface area contributed by atoms with E-state index >= 15 is 0 Å². The summed E-state index contributed by atoms with van der Waals surface area (Å²) in [6, 6.07) is 4.48. The zero-order valence-corrected chi connectivity index (χ0v) is 15.9. The van der Waals surface area contributed by atoms with Gasteiger partial charge in [-0.05, 0) is 24.0 Å². The van der Waals surface area contributed by atoms with E-state index in [4.69, 9.17) is 0 Å². The molecule has 1 aliphatic rings. The molecule has 6 heteroatoms. The van der Waals surface area contributed by atoms with Crippen molar-refractivity contribution >= 4 is 21.9 Å². The average Bonchev–Trinajstić information content (AvgIpc) is 3.32. The molecule has 0 aliphatic heterocycles. The zero-order valence-electron chi connectivity index (χ0n) is 15.9. The molecule has 1 saturated carbocycles. The Morgan fingerprint density at radius 3 is 2.75 bits per heavy atom. The van der Waals surface area contributed by atoms with Crippen molar-refractivity contribution in [2.75, 3.05) is 0 Å². The molecule has 0 atom stereocenters. The molecular weight excluding hydrogens is 348 g/mol. The molecule has 5 rings (SSSR count). The van der Waals surface area contributed by atoms with E-state index in [0.29, 0.717) is 11.6 Å². The number of aryl methyl sites for hydroxylation is 1. The van der Waals surface area contributed by atoms with E-state index in [1.165, 1.54) is 32.1 Å². The van der Waals surface area contributed by atoms with Crippen molar-refractivity contribution in [2.45, 2.75) is 38.5 Å². The lowest BCUT2D eigenvalue weighted by molar-refractivity contribution is 0.357. The lowest BCUT2D eigenvalue weighted by atomic mass is 9.83. The molecule has 0 radical (unpaired) electrons. The summed E-state index contributed by atoms with van der Waals surface area (Å²) >= 11 is 0. The van der Waals surface area contributed by atoms with Crippen molar-refractivity contribution in [3.8, 4) is 17.2 Å². The van der Waals surface area contributed by atoms with Gasteiger partial charge < -0.3 is 4.98 Å². The highest BCUT2D eigenvalue weighted by atomic mass is 15.2. The first-order valence-electron chi connectivity index (χ1n) is 9.91. The molecule has 28 heavy (non-hydrogen) atoms. The van der Waals surface area contributed by atoms with Crippen molar-refractivity contribution < 1.29 is 0 Å². The fourth-order valence-corrected chi connectivity index (χ4v) is 4.54. The van der Waals surface area contributed by atoms with Crippen molar-refractivity contribution in [3.05, 3.63) is 42.1 Å². The zero-order chi connectivity index (χ0) is 19.1. The van der Waals surface area contributed by atoms with Crippen LogP contribution in [-0.4, -0.2) is 24.7 Å². The minimum atomic E-state index is 0.547. The number of aromatic amines is 1. The average molecular weight is 370 g/mol. The first-order valence-corrected chi connectivity index (χ1v) is 9.91. The SMILES string of the molecule is Cn1cc(-c2cnc3[nH]c4cnc(C#N)c(CC5CCCCC5)c4c3c2)cn1. The number of hydrogen-bond acceptors (Lipinski definition) is 4. The first kappa shape index (κ1) is 16.9. The van der Waals surface area contributed by atoms with Gasteiger partial charge in [-0.25, -0.2) is 9.97 Å². The van der Waals surface area contributed by atoms with Gasteiger partial charge in [-0.3, -0.25) is 4.68 Å². The Morgan fingerprint density at radius 1 is 1.14 bits per heavy atom. The molecule has 0 aromatic carbocycles. The van der Waals surface area contributed by atoms with Crippen LogP contribution in [0.2, 0.25) is 0 Å². The standard InChI is InChI=1S/C22H22N6/c1-28-13-16(11-26-28)15-8-18-21-17(7-14-5-3-2-4-6-14)19(9-23)24-12-20(21)27-22(18)25-10-15/h8,10-14H,2-7H2,1H3,(H,25,27). The quantitative estimate of drug-likeness (QED) is 0.575. The fourth-order valence-electron chi connectivity index (χ4n) is 4.54. The molecular formula is C22H22N6. The van der Waals surface area contributed by atoms with Gasteiger partial charge in [0, 0.05) is 41.3 Å². The van der Waals surface area contributed by atoms with Gasteiger partial charge in [0.2, 0.25) is 0 Å². The Kier molecular flexibility index (Phi) is 4.09. The molecule has 140 valence electrons. The van der Waals surface area contributed by atoms with Crippen LogP contribution in [-0.2, 0) is 13.5 Å². The van der Waals surface area contributed by atoms with E-state index in [1.54, 1.807) is 10.9 Å². The van der Waals surface area contributed by atoms with Crippen LogP contribution in [0.5, 0.6) is 0 Å². The number of aromatic nitrogens is 5. The summed E-state index contributed by atoms with van der Waals surface area (Å²) in [5, 5.41) is 16.1. The number of rotatable bonds is 3. The van der Waals surface area contributed by atoms with Crippen molar-refractivity contribution in [1.29, 1.82) is 5.26 Å². The van der Waals surface area contributed by atoms with Crippen LogP contribution in [0.1, 0.15) is 43.4 Å². The predicted octanol–water partition coefficient (Wildman–Crippen LogP) is 4.51. The minimum absolute atomic E-state index is 0.547. The third kappa shape index (κ3) is 2.84. The summed E-state index contributed by atoms with van der Waals surface area (Å²) in [6.07, 6.45) is 14.8. The second-order valence-electron chi connectivity index (χ2n) is 7.84. The van der Waals surface area contributed by atoms with Gasteiger partial charge in [0.25, 0.3) is 0 Å². The maximum atomic E-state index is 9.70. The van der Waals surface area contributed by atoms with E-state index in [0.717, 1.165) is 45.0 Å². The van der Waals surface area contributed by atoms with Crippen LogP contribution in [0, 0.1) is 17.2 Å². The summed E-state index contributed by atoms with van der Waals surface area (Å²) < 4.78 is 1.79. The number of pyridine rings is 2. The molecule has 0 unspecified atom stereocenters. The van der Waals surface area contributed by atoms with Gasteiger partial charge >= 0.3 is 0 Å². The van der Waals surface area contributed by atoms with Crippen LogP contribution >= 0.6 is 0 Å². The Hall–Kier alpha value is -3.20. The summed E-state index contributed by atoms with van der Waals surface area (Å²) in [4.78, 5) is 12.5. The van der Waals surface area contributed by atoms with Gasteiger partial charge in [-0.1, -0.05) is 32.1 Å². The maximum Gasteiger partial charge on any atom is 0.144 e. The third-order valence-corrected chi connectivity index (χ3v) is 5.95. The van der Waals surface area contributed by atoms with Crippen molar-refractivity contribution in [1.82, 2.24) is 24.7 Å². The summed E-state index contributed by atoms with van der Waals surface area (Å²) in [6.45, 7) is 0. The summed E-state index contributed by atoms with van der Waals surface area (Å²) in [5.41, 5.74) is 5.48. The van der Waals surface area contributed by atoms with Gasteiger partial charge in [-0.2, -0.15) is 10.4 Å². The second-order valence-corrected chi connectivity index (χ2v) is 7.84. The number of fused-ring (bicyclic) bond motifs is 3. The molecule has 1 N–H and O–H groups in total. The van der Waals surface area contributed by atoms with Gasteiger partial charge in [0.15, 0.2) is 0 Å². The smallest absolute Gasteiger partial charge is 0.144 e. The van der Waals surface area contributed by atoms with E-state index in [-0.39, 0.29) is 0 Å². The largest absolute Gasteiger partial charge is 0.338 e. The van der Waals surface area contributed by atoms with Crippen LogP contribution in [0.3, 0.4) is 0 Å². The molecule has 0 spiro atoms. The number of nitrogens with one attached hydrogen (secondary N) is 1. The van der Waals surface area contributed by atoms with Crippen LogP contribution in [0.25, 0.3) is 33.1 Å². The number of hydrogen-bond donors (Lipinski definition) is 1. The molecule has 0 saturated heterocycles. The number of nitrogens with zero attached hydrogens (tertiary/aromatic N) is 5. The van der Waals surface area contributed by atoms with Gasteiger partial charge in [0.1, 0.15) is 17.4 Å². The minimum Gasteiger partial charge on any atom is -0.338 e. The molecule has 6 nitrogen and oxygen atoms in total. The molecule has 1 fully saturated rings. The van der Waals surface area contributed by atoms with Crippen molar-refractivity contribution in [3.63, 3.8) is 0 Å². The second kappa shape index (κ2) is 6.75. The Balaban J connectivity index is 1.70. The van der Waals surface area contributed by atoms with E-state index < -0.39 is 0 Å². The highest BCUT2D eigenvalue weighted by Gasteiger charge is 2.21. The normalized spacial score (nSPS) is 15.3. The van der Waals surface area contributed by atoms with E-state index in [2.05, 4.69) is 32.2 Å². The lowest BCUT2D eigenvalue weighted by Crippen LogP contribution is -2.11. The Morgan fingerprint density at radius 2 is 2.00 bits per heavy atom. The first-order chi connectivity index (χ1) is 13.7. The fraction of sp³-hybridized carbons (Fsp3) is 0.364. The van der Waals surface area contributed by atoms with Crippen LogP contribution in [0.15, 0.2) is 30.9 Å². The Bertz CT molecular complexity index is 1200. The van der Waals surface area contributed by atoms with E-state index in [9.17, 15) is 5.26 Å². The molecule has 0 amide bonds. The third-order valence-electron chi connectivity index (χ3n) is 5.95. The van der Waals surface area contributed by atoms with Gasteiger partial charge in [0.05, 0.1) is 17.9 Å². The van der Waals surface area contributed by atoms with Gasteiger partial charge in [-0.15, -0.1) is 0 Å². The maximum absolute atomic E-state index is 9.70. The lowest BCUT2D eigenvalue weighted by Gasteiger charge is -2.22.